The Labute approximate surface area is 191 Å². The summed E-state index contributed by atoms with van der Waals surface area (Å²) in [7, 11) is 1.59. The second kappa shape index (κ2) is 9.24. The number of methoxy groups -OCH3 is 1. The van der Waals surface area contributed by atoms with Gasteiger partial charge in [-0.25, -0.2) is 0 Å². The number of hydrazine groups is 1. The molecule has 4 rings (SSSR count). The van der Waals surface area contributed by atoms with E-state index < -0.39 is 12.1 Å². The molecule has 1 saturated heterocycles. The average molecular weight is 449 g/mol. The maximum Gasteiger partial charge on any atom is 0.304 e. The number of halogens is 1. The number of hydrogen-bond donors (Lipinski definition) is 2. The molecule has 0 unspecified atom stereocenters. The maximum absolute atomic E-state index is 13.0. The number of para-hydroxylation sites is 1. The Morgan fingerprint density at radius 3 is 2.56 bits per heavy atom. The lowest BCUT2D eigenvalue weighted by Crippen LogP contribution is -2.42. The van der Waals surface area contributed by atoms with Crippen LogP contribution in [0.2, 0.25) is 5.02 Å². The number of hydrazone groups is 1. The third-order valence-electron chi connectivity index (χ3n) is 5.33. The van der Waals surface area contributed by atoms with Crippen LogP contribution in [0.1, 0.15) is 33.1 Å². The Bertz CT molecular complexity index is 1190. The molecule has 1 fully saturated rings. The highest BCUT2D eigenvalue weighted by Crippen LogP contribution is 2.27. The standard InChI is InChI=1S/C25H22ClN3O3/c1-16-6-5-8-18(14-16)24(30)27-22-23(17-10-12-20(26)13-11-17)29(28-25(22)31)15-19-7-3-4-9-21(19)32-2/h3-15,22-23H,1-2H3,(H-,27,28,30,31)/p+1/b29-15-/t22-,23+/m1/s1. The molecule has 0 spiro atoms. The zero-order valence-electron chi connectivity index (χ0n) is 17.7. The fraction of sp³-hybridized carbons (Fsp3) is 0.160. The van der Waals surface area contributed by atoms with Gasteiger partial charge in [0.05, 0.1) is 12.7 Å². The first-order chi connectivity index (χ1) is 15.5. The summed E-state index contributed by atoms with van der Waals surface area (Å²) in [5.41, 5.74) is 5.96. The molecule has 7 heteroatoms. The smallest absolute Gasteiger partial charge is 0.304 e. The molecule has 162 valence electrons. The lowest BCUT2D eigenvalue weighted by atomic mass is 9.99. The third-order valence-corrected chi connectivity index (χ3v) is 5.58. The van der Waals surface area contributed by atoms with Crippen LogP contribution in [-0.4, -0.2) is 35.9 Å². The highest BCUT2D eigenvalue weighted by molar-refractivity contribution is 6.30. The largest absolute Gasteiger partial charge is 0.496 e. The van der Waals surface area contributed by atoms with Crippen molar-refractivity contribution in [2.45, 2.75) is 19.0 Å². The zero-order valence-corrected chi connectivity index (χ0v) is 18.5. The van der Waals surface area contributed by atoms with Gasteiger partial charge in [0.15, 0.2) is 6.04 Å². The minimum Gasteiger partial charge on any atom is -0.496 e. The fourth-order valence-electron chi connectivity index (χ4n) is 3.77. The molecule has 0 radical (unpaired) electrons. The number of carbonyl (C=O) groups is 2. The molecule has 0 aromatic heterocycles. The van der Waals surface area contributed by atoms with Crippen molar-refractivity contribution in [1.29, 1.82) is 0 Å². The Hall–Kier alpha value is -3.64. The van der Waals surface area contributed by atoms with Crippen LogP contribution in [-0.2, 0) is 4.79 Å². The monoisotopic (exact) mass is 448 g/mol. The van der Waals surface area contributed by atoms with E-state index in [1.165, 1.54) is 0 Å². The van der Waals surface area contributed by atoms with Gasteiger partial charge < -0.3 is 10.1 Å². The van der Waals surface area contributed by atoms with Crippen LogP contribution in [0.3, 0.4) is 0 Å². The summed E-state index contributed by atoms with van der Waals surface area (Å²) < 4.78 is 7.14. The van der Waals surface area contributed by atoms with Gasteiger partial charge in [-0.1, -0.05) is 53.6 Å². The highest BCUT2D eigenvalue weighted by atomic mass is 35.5. The van der Waals surface area contributed by atoms with Crippen molar-refractivity contribution in [3.05, 3.63) is 100 Å². The molecule has 1 aliphatic heterocycles. The number of aryl methyl sites for hydroxylation is 1. The number of benzene rings is 3. The van der Waals surface area contributed by atoms with Gasteiger partial charge >= 0.3 is 5.91 Å². The number of nitrogens with one attached hydrogen (secondary N) is 2. The fourth-order valence-corrected chi connectivity index (χ4v) is 3.90. The van der Waals surface area contributed by atoms with E-state index in [-0.39, 0.29) is 11.8 Å². The molecule has 2 atom stereocenters. The Morgan fingerprint density at radius 2 is 1.84 bits per heavy atom. The number of nitrogens with zero attached hydrogens (tertiary/aromatic N) is 1. The quantitative estimate of drug-likeness (QED) is 0.585. The van der Waals surface area contributed by atoms with Crippen LogP contribution in [0.15, 0.2) is 72.8 Å². The summed E-state index contributed by atoms with van der Waals surface area (Å²) in [6.07, 6.45) is 1.80. The first kappa shape index (κ1) is 21.6. The number of ether oxygens (including phenoxy) is 1. The van der Waals surface area contributed by atoms with Gasteiger partial charge in [-0.15, -0.1) is 10.1 Å². The summed E-state index contributed by atoms with van der Waals surface area (Å²) in [4.78, 5) is 25.9. The molecular weight excluding hydrogens is 426 g/mol. The summed E-state index contributed by atoms with van der Waals surface area (Å²) in [5, 5.41) is 3.49. The van der Waals surface area contributed by atoms with Crippen molar-refractivity contribution >= 4 is 29.6 Å². The zero-order chi connectivity index (χ0) is 22.7. The van der Waals surface area contributed by atoms with Crippen LogP contribution in [0, 0.1) is 6.92 Å². The molecule has 2 amide bonds. The Kier molecular flexibility index (Phi) is 6.23. The maximum atomic E-state index is 13.0. The normalized spacial score (nSPS) is 19.0. The second-order valence-corrected chi connectivity index (χ2v) is 8.01. The highest BCUT2D eigenvalue weighted by Gasteiger charge is 2.47. The van der Waals surface area contributed by atoms with Crippen LogP contribution in [0.4, 0.5) is 0 Å². The van der Waals surface area contributed by atoms with E-state index in [1.54, 1.807) is 42.3 Å². The van der Waals surface area contributed by atoms with Crippen LogP contribution in [0.25, 0.3) is 0 Å². The van der Waals surface area contributed by atoms with Crippen LogP contribution in [0.5, 0.6) is 5.75 Å². The van der Waals surface area contributed by atoms with Gasteiger partial charge in [-0.2, -0.15) is 0 Å². The van der Waals surface area contributed by atoms with Gasteiger partial charge in [0.25, 0.3) is 5.91 Å². The molecule has 6 nitrogen and oxygen atoms in total. The Balaban J connectivity index is 1.73. The number of rotatable bonds is 5. The number of hydrogen-bond acceptors (Lipinski definition) is 3. The molecule has 3 aromatic rings. The molecule has 1 aliphatic rings. The van der Waals surface area contributed by atoms with E-state index in [1.807, 2.05) is 55.5 Å². The van der Waals surface area contributed by atoms with Crippen molar-refractivity contribution in [2.24, 2.45) is 0 Å². The van der Waals surface area contributed by atoms with Gasteiger partial charge in [0.2, 0.25) is 12.3 Å². The molecule has 0 aliphatic carbocycles. The summed E-state index contributed by atoms with van der Waals surface area (Å²) in [6, 6.07) is 20.7. The number of amides is 2. The van der Waals surface area contributed by atoms with E-state index in [0.29, 0.717) is 16.3 Å². The number of carbonyl (C=O) groups excluding carboxylic acids is 2. The first-order valence-electron chi connectivity index (χ1n) is 10.2. The minimum absolute atomic E-state index is 0.308. The minimum atomic E-state index is -0.810. The summed E-state index contributed by atoms with van der Waals surface area (Å²) >= 11 is 6.08. The van der Waals surface area contributed by atoms with E-state index in [2.05, 4.69) is 10.7 Å². The van der Waals surface area contributed by atoms with E-state index in [0.717, 1.165) is 16.7 Å². The molecule has 2 N–H and O–H groups in total. The topological polar surface area (TPSA) is 70.4 Å². The van der Waals surface area contributed by atoms with Crippen LogP contribution < -0.4 is 15.5 Å². The van der Waals surface area contributed by atoms with Gasteiger partial charge in [0, 0.05) is 16.1 Å². The predicted octanol–water partition coefficient (Wildman–Crippen LogP) is 3.67. The second-order valence-electron chi connectivity index (χ2n) is 7.57. The van der Waals surface area contributed by atoms with Crippen molar-refractivity contribution in [3.63, 3.8) is 0 Å². The van der Waals surface area contributed by atoms with Crippen molar-refractivity contribution in [3.8, 4) is 5.75 Å². The van der Waals surface area contributed by atoms with E-state index in [4.69, 9.17) is 16.3 Å². The molecular formula is C25H23ClN3O3+. The average Bonchev–Trinajstić information content (AvgIpc) is 3.09. The lowest BCUT2D eigenvalue weighted by Gasteiger charge is -2.15. The molecule has 0 bridgehead atoms. The van der Waals surface area contributed by atoms with Crippen molar-refractivity contribution in [1.82, 2.24) is 10.7 Å². The molecule has 3 aromatic carbocycles. The first-order valence-corrected chi connectivity index (χ1v) is 10.5. The van der Waals surface area contributed by atoms with Crippen molar-refractivity contribution < 1.29 is 19.0 Å². The summed E-state index contributed by atoms with van der Waals surface area (Å²) in [6.45, 7) is 1.92. The van der Waals surface area contributed by atoms with Crippen LogP contribution >= 0.6 is 11.6 Å². The molecule has 1 heterocycles. The van der Waals surface area contributed by atoms with Gasteiger partial charge in [-0.3, -0.25) is 9.59 Å². The third kappa shape index (κ3) is 4.50. The molecule has 32 heavy (non-hydrogen) atoms. The Morgan fingerprint density at radius 1 is 1.09 bits per heavy atom. The molecule has 0 saturated carbocycles. The van der Waals surface area contributed by atoms with Crippen molar-refractivity contribution in [2.75, 3.05) is 7.11 Å². The summed E-state index contributed by atoms with van der Waals surface area (Å²) in [5.74, 6) is 0.0490. The van der Waals surface area contributed by atoms with E-state index in [9.17, 15) is 9.59 Å². The van der Waals surface area contributed by atoms with E-state index >= 15 is 0 Å². The van der Waals surface area contributed by atoms with Gasteiger partial charge in [-0.05, 0) is 43.3 Å². The predicted molar refractivity (Wildman–Crippen MR) is 123 cm³/mol. The lowest BCUT2D eigenvalue weighted by molar-refractivity contribution is -0.596. The van der Waals surface area contributed by atoms with Gasteiger partial charge in [0.1, 0.15) is 5.75 Å². The SMILES string of the molecule is COc1ccccc1/C=[N+]1\NC(=O)[C@H](NC(=O)c2cccc(C)c2)[C@@H]1c1ccc(Cl)cc1.